The Labute approximate surface area is 92.2 Å². The maximum atomic E-state index is 11.4. The molecular weight excluding hydrogens is 190 g/mol. The molecule has 1 aliphatic carbocycles. The number of carbonyl (C=O) groups is 1. The summed E-state index contributed by atoms with van der Waals surface area (Å²) >= 11 is 0. The highest BCUT2D eigenvalue weighted by Gasteiger charge is 2.23. The quantitative estimate of drug-likeness (QED) is 0.707. The summed E-state index contributed by atoms with van der Waals surface area (Å²) in [6.45, 7) is 3.14. The molecule has 15 heavy (non-hydrogen) atoms. The molecule has 3 N–H and O–H groups in total. The minimum atomic E-state index is 0.110. The number of rotatable bonds is 4. The highest BCUT2D eigenvalue weighted by atomic mass is 16.2. The van der Waals surface area contributed by atoms with Crippen LogP contribution in [-0.4, -0.2) is 43.0 Å². The molecule has 4 nitrogen and oxygen atoms in total. The highest BCUT2D eigenvalue weighted by Crippen LogP contribution is 2.20. The summed E-state index contributed by atoms with van der Waals surface area (Å²) in [7, 11) is 2.01. The van der Waals surface area contributed by atoms with Crippen molar-refractivity contribution in [2.75, 3.05) is 20.1 Å². The second kappa shape index (κ2) is 6.08. The molecule has 0 aromatic carbocycles. The summed E-state index contributed by atoms with van der Waals surface area (Å²) in [6.07, 6.45) is 4.51. The SMILES string of the molecule is CCNC(=O)CN(C)C1CCCC(N)C1. The van der Waals surface area contributed by atoms with Crippen LogP contribution in [0.3, 0.4) is 0 Å². The molecule has 1 saturated carbocycles. The van der Waals surface area contributed by atoms with Gasteiger partial charge in [0.15, 0.2) is 0 Å². The van der Waals surface area contributed by atoms with Crippen LogP contribution in [0.5, 0.6) is 0 Å². The van der Waals surface area contributed by atoms with E-state index >= 15 is 0 Å². The van der Waals surface area contributed by atoms with Crippen molar-refractivity contribution < 1.29 is 4.79 Å². The fourth-order valence-corrected chi connectivity index (χ4v) is 2.21. The molecule has 1 aliphatic rings. The zero-order valence-electron chi connectivity index (χ0n) is 9.83. The highest BCUT2D eigenvalue weighted by molar-refractivity contribution is 5.77. The van der Waals surface area contributed by atoms with Crippen molar-refractivity contribution in [3.05, 3.63) is 0 Å². The fraction of sp³-hybridized carbons (Fsp3) is 0.909. The van der Waals surface area contributed by atoms with Crippen LogP contribution in [0.1, 0.15) is 32.6 Å². The average molecular weight is 213 g/mol. The monoisotopic (exact) mass is 213 g/mol. The first kappa shape index (κ1) is 12.5. The van der Waals surface area contributed by atoms with E-state index in [9.17, 15) is 4.79 Å². The Hall–Kier alpha value is -0.610. The van der Waals surface area contributed by atoms with E-state index in [1.165, 1.54) is 12.8 Å². The third-order valence-electron chi connectivity index (χ3n) is 3.08. The molecule has 0 bridgehead atoms. The number of nitrogens with two attached hydrogens (primary N) is 1. The summed E-state index contributed by atoms with van der Waals surface area (Å²) in [5.41, 5.74) is 5.93. The van der Waals surface area contributed by atoms with Gasteiger partial charge in [0.25, 0.3) is 0 Å². The lowest BCUT2D eigenvalue weighted by Crippen LogP contribution is -2.44. The van der Waals surface area contributed by atoms with Crippen molar-refractivity contribution >= 4 is 5.91 Å². The first-order valence-electron chi connectivity index (χ1n) is 5.86. The van der Waals surface area contributed by atoms with Gasteiger partial charge in [-0.15, -0.1) is 0 Å². The maximum Gasteiger partial charge on any atom is 0.234 e. The first-order chi connectivity index (χ1) is 7.13. The Morgan fingerprint density at radius 2 is 2.27 bits per heavy atom. The van der Waals surface area contributed by atoms with Crippen LogP contribution in [0.25, 0.3) is 0 Å². The minimum Gasteiger partial charge on any atom is -0.355 e. The summed E-state index contributed by atoms with van der Waals surface area (Å²) in [5.74, 6) is 0.110. The van der Waals surface area contributed by atoms with Gasteiger partial charge >= 0.3 is 0 Å². The molecule has 2 atom stereocenters. The average Bonchev–Trinajstić information content (AvgIpc) is 2.18. The second-order valence-corrected chi connectivity index (χ2v) is 4.45. The van der Waals surface area contributed by atoms with Gasteiger partial charge in [-0.05, 0) is 33.2 Å². The van der Waals surface area contributed by atoms with Crippen molar-refractivity contribution in [3.8, 4) is 0 Å². The number of likely N-dealkylation sites (N-methyl/N-ethyl adjacent to an activating group) is 2. The lowest BCUT2D eigenvalue weighted by atomic mass is 9.91. The van der Waals surface area contributed by atoms with E-state index in [4.69, 9.17) is 5.73 Å². The fourth-order valence-electron chi connectivity index (χ4n) is 2.21. The van der Waals surface area contributed by atoms with Crippen molar-refractivity contribution in [3.63, 3.8) is 0 Å². The van der Waals surface area contributed by atoms with Crippen LogP contribution in [0.15, 0.2) is 0 Å². The number of carbonyl (C=O) groups excluding carboxylic acids is 1. The van der Waals surface area contributed by atoms with Crippen LogP contribution in [0.2, 0.25) is 0 Å². The molecule has 0 saturated heterocycles. The molecule has 0 aromatic rings. The molecule has 0 aliphatic heterocycles. The minimum absolute atomic E-state index is 0.110. The van der Waals surface area contributed by atoms with Gasteiger partial charge in [-0.1, -0.05) is 6.42 Å². The molecular formula is C11H23N3O. The van der Waals surface area contributed by atoms with Gasteiger partial charge in [0.05, 0.1) is 6.54 Å². The number of hydrogen-bond acceptors (Lipinski definition) is 3. The first-order valence-corrected chi connectivity index (χ1v) is 5.86. The van der Waals surface area contributed by atoms with Crippen molar-refractivity contribution in [2.45, 2.75) is 44.7 Å². The van der Waals surface area contributed by atoms with E-state index in [1.807, 2.05) is 14.0 Å². The van der Waals surface area contributed by atoms with Crippen LogP contribution >= 0.6 is 0 Å². The zero-order valence-corrected chi connectivity index (χ0v) is 9.83. The van der Waals surface area contributed by atoms with Gasteiger partial charge < -0.3 is 11.1 Å². The third kappa shape index (κ3) is 4.18. The Balaban J connectivity index is 2.32. The largest absolute Gasteiger partial charge is 0.355 e. The Bertz CT molecular complexity index is 208. The van der Waals surface area contributed by atoms with E-state index in [0.29, 0.717) is 25.2 Å². The Morgan fingerprint density at radius 3 is 2.87 bits per heavy atom. The Kier molecular flexibility index (Phi) is 5.05. The van der Waals surface area contributed by atoms with Gasteiger partial charge in [0, 0.05) is 18.6 Å². The van der Waals surface area contributed by atoms with E-state index < -0.39 is 0 Å². The molecule has 0 radical (unpaired) electrons. The van der Waals surface area contributed by atoms with Gasteiger partial charge in [-0.25, -0.2) is 0 Å². The van der Waals surface area contributed by atoms with Gasteiger partial charge in [0.1, 0.15) is 0 Å². The molecule has 88 valence electrons. The summed E-state index contributed by atoms with van der Waals surface area (Å²) in [4.78, 5) is 13.5. The van der Waals surface area contributed by atoms with Crippen molar-refractivity contribution in [2.24, 2.45) is 5.73 Å². The standard InChI is InChI=1S/C11H23N3O/c1-3-13-11(15)8-14(2)10-6-4-5-9(12)7-10/h9-10H,3-8,12H2,1-2H3,(H,13,15). The Morgan fingerprint density at radius 1 is 1.53 bits per heavy atom. The number of amides is 1. The molecule has 1 fully saturated rings. The second-order valence-electron chi connectivity index (χ2n) is 4.45. The van der Waals surface area contributed by atoms with Gasteiger partial charge in [-0.2, -0.15) is 0 Å². The molecule has 1 rings (SSSR count). The smallest absolute Gasteiger partial charge is 0.234 e. The van der Waals surface area contributed by atoms with Gasteiger partial charge in [-0.3, -0.25) is 9.69 Å². The number of hydrogen-bond donors (Lipinski definition) is 2. The number of nitrogens with one attached hydrogen (secondary N) is 1. The predicted octanol–water partition coefficient (Wildman–Crippen LogP) is 0.324. The zero-order chi connectivity index (χ0) is 11.3. The van der Waals surface area contributed by atoms with E-state index in [1.54, 1.807) is 0 Å². The van der Waals surface area contributed by atoms with Crippen LogP contribution in [0, 0.1) is 0 Å². The molecule has 1 amide bonds. The van der Waals surface area contributed by atoms with Crippen LogP contribution < -0.4 is 11.1 Å². The normalized spacial score (nSPS) is 26.7. The van der Waals surface area contributed by atoms with E-state index in [0.717, 1.165) is 12.8 Å². The summed E-state index contributed by atoms with van der Waals surface area (Å²) in [6, 6.07) is 0.803. The predicted molar refractivity (Wildman–Crippen MR) is 61.5 cm³/mol. The molecule has 0 heterocycles. The molecule has 2 unspecified atom stereocenters. The third-order valence-corrected chi connectivity index (χ3v) is 3.08. The van der Waals surface area contributed by atoms with Crippen LogP contribution in [0.4, 0.5) is 0 Å². The van der Waals surface area contributed by atoms with Gasteiger partial charge in [0.2, 0.25) is 5.91 Å². The summed E-state index contributed by atoms with van der Waals surface area (Å²) in [5, 5.41) is 2.81. The maximum absolute atomic E-state index is 11.4. The van der Waals surface area contributed by atoms with Crippen molar-refractivity contribution in [1.29, 1.82) is 0 Å². The van der Waals surface area contributed by atoms with E-state index in [-0.39, 0.29) is 5.91 Å². The molecule has 4 heteroatoms. The molecule has 0 spiro atoms. The summed E-state index contributed by atoms with van der Waals surface area (Å²) < 4.78 is 0. The topological polar surface area (TPSA) is 58.4 Å². The molecule has 0 aromatic heterocycles. The lowest BCUT2D eigenvalue weighted by Gasteiger charge is -2.33. The van der Waals surface area contributed by atoms with E-state index in [2.05, 4.69) is 10.2 Å². The van der Waals surface area contributed by atoms with Crippen LogP contribution in [-0.2, 0) is 4.79 Å². The number of nitrogens with zero attached hydrogens (tertiary/aromatic N) is 1. The van der Waals surface area contributed by atoms with Crippen molar-refractivity contribution in [1.82, 2.24) is 10.2 Å². The lowest BCUT2D eigenvalue weighted by molar-refractivity contribution is -0.122.